The summed E-state index contributed by atoms with van der Waals surface area (Å²) in [6.45, 7) is 0. The van der Waals surface area contributed by atoms with Gasteiger partial charge < -0.3 is 0 Å². The molecule has 2 heteroatoms. The molecule has 1 aliphatic rings. The average molecular weight is 211 g/mol. The van der Waals surface area contributed by atoms with Crippen LogP contribution in [0.25, 0.3) is 0 Å². The predicted molar refractivity (Wildman–Crippen MR) is 63.4 cm³/mol. The topological polar surface area (TPSA) is 23.8 Å². The van der Waals surface area contributed by atoms with Crippen molar-refractivity contribution >= 4 is 11.8 Å². The molecule has 80 valence electrons. The van der Waals surface area contributed by atoms with Gasteiger partial charge in [0.2, 0.25) is 0 Å². The van der Waals surface area contributed by atoms with Crippen molar-refractivity contribution < 1.29 is 0 Å². The molecule has 0 N–H and O–H groups in total. The number of rotatable bonds is 3. The predicted octanol–water partition coefficient (Wildman–Crippen LogP) is 3.99. The van der Waals surface area contributed by atoms with E-state index in [-0.39, 0.29) is 5.41 Å². The van der Waals surface area contributed by atoms with Gasteiger partial charge in [0.1, 0.15) is 0 Å². The minimum atomic E-state index is 0.0312. The van der Waals surface area contributed by atoms with Gasteiger partial charge in [0, 0.05) is 0 Å². The first kappa shape index (κ1) is 11.9. The Labute approximate surface area is 92.3 Å². The van der Waals surface area contributed by atoms with E-state index in [0.717, 1.165) is 25.0 Å². The molecule has 14 heavy (non-hydrogen) atoms. The van der Waals surface area contributed by atoms with Crippen LogP contribution in [-0.2, 0) is 0 Å². The van der Waals surface area contributed by atoms with E-state index in [1.165, 1.54) is 32.1 Å². The maximum absolute atomic E-state index is 9.33. The summed E-state index contributed by atoms with van der Waals surface area (Å²) in [6.07, 6.45) is 12.1. The molecule has 0 aliphatic heterocycles. The van der Waals surface area contributed by atoms with E-state index < -0.39 is 0 Å². The van der Waals surface area contributed by atoms with E-state index in [4.69, 9.17) is 0 Å². The van der Waals surface area contributed by atoms with Crippen molar-refractivity contribution in [1.82, 2.24) is 0 Å². The largest absolute Gasteiger partial charge is 0.198 e. The second kappa shape index (κ2) is 6.35. The van der Waals surface area contributed by atoms with Gasteiger partial charge in [0.15, 0.2) is 0 Å². The first-order chi connectivity index (χ1) is 6.83. The molecule has 1 aliphatic carbocycles. The first-order valence-corrected chi connectivity index (χ1v) is 7.13. The van der Waals surface area contributed by atoms with Crippen molar-refractivity contribution in [3.8, 4) is 6.07 Å². The van der Waals surface area contributed by atoms with Gasteiger partial charge in [-0.25, -0.2) is 0 Å². The molecular formula is C12H21NS. The third kappa shape index (κ3) is 3.53. The van der Waals surface area contributed by atoms with E-state index in [1.54, 1.807) is 0 Å². The third-order valence-electron chi connectivity index (χ3n) is 3.33. The number of hydrogen-bond acceptors (Lipinski definition) is 2. The highest BCUT2D eigenvalue weighted by atomic mass is 32.2. The summed E-state index contributed by atoms with van der Waals surface area (Å²) < 4.78 is 0. The second-order valence-electron chi connectivity index (χ2n) is 4.40. The molecule has 0 spiro atoms. The fourth-order valence-corrected chi connectivity index (χ4v) is 2.89. The van der Waals surface area contributed by atoms with Gasteiger partial charge >= 0.3 is 0 Å². The molecule has 0 bridgehead atoms. The lowest BCUT2D eigenvalue weighted by Gasteiger charge is -2.28. The molecule has 0 aromatic rings. The van der Waals surface area contributed by atoms with Gasteiger partial charge in [-0.05, 0) is 31.3 Å². The summed E-state index contributed by atoms with van der Waals surface area (Å²) in [5, 5.41) is 9.33. The SMILES string of the molecule is CSCCC1(C#N)CCCCCCC1. The standard InChI is InChI=1S/C12H21NS/c1-14-10-9-12(11-13)7-5-3-2-4-6-8-12/h2-10H2,1H3. The fraction of sp³-hybridized carbons (Fsp3) is 0.917. The summed E-state index contributed by atoms with van der Waals surface area (Å²) in [6, 6.07) is 2.61. The molecule has 1 rings (SSSR count). The van der Waals surface area contributed by atoms with Crippen molar-refractivity contribution in [3.05, 3.63) is 0 Å². The smallest absolute Gasteiger partial charge is 0.0690 e. The molecule has 0 aromatic heterocycles. The Morgan fingerprint density at radius 1 is 1.14 bits per heavy atom. The molecule has 0 heterocycles. The zero-order valence-electron chi connectivity index (χ0n) is 9.22. The highest BCUT2D eigenvalue weighted by molar-refractivity contribution is 7.98. The maximum atomic E-state index is 9.33. The summed E-state index contributed by atoms with van der Waals surface area (Å²) in [4.78, 5) is 0. The molecule has 0 amide bonds. The van der Waals surface area contributed by atoms with Crippen LogP contribution in [0.4, 0.5) is 0 Å². The Balaban J connectivity index is 2.50. The highest BCUT2D eigenvalue weighted by Gasteiger charge is 2.29. The number of thioether (sulfide) groups is 1. The van der Waals surface area contributed by atoms with Crippen LogP contribution in [0.5, 0.6) is 0 Å². The lowest BCUT2D eigenvalue weighted by Crippen LogP contribution is -2.21. The van der Waals surface area contributed by atoms with E-state index in [2.05, 4.69) is 12.3 Å². The van der Waals surface area contributed by atoms with Crippen molar-refractivity contribution in [2.75, 3.05) is 12.0 Å². The summed E-state index contributed by atoms with van der Waals surface area (Å²) >= 11 is 1.87. The molecule has 0 radical (unpaired) electrons. The van der Waals surface area contributed by atoms with Gasteiger partial charge in [-0.1, -0.05) is 32.1 Å². The first-order valence-electron chi connectivity index (χ1n) is 5.73. The molecule has 0 saturated heterocycles. The summed E-state index contributed by atoms with van der Waals surface area (Å²) in [5.74, 6) is 1.15. The Kier molecular flexibility index (Phi) is 5.40. The van der Waals surface area contributed by atoms with Crippen LogP contribution in [0, 0.1) is 16.7 Å². The summed E-state index contributed by atoms with van der Waals surface area (Å²) in [7, 11) is 0. The van der Waals surface area contributed by atoms with E-state index in [1.807, 2.05) is 11.8 Å². The van der Waals surface area contributed by atoms with Crippen LogP contribution in [0.1, 0.15) is 51.4 Å². The maximum Gasteiger partial charge on any atom is 0.0690 e. The van der Waals surface area contributed by atoms with E-state index in [9.17, 15) is 5.26 Å². The van der Waals surface area contributed by atoms with Gasteiger partial charge in [-0.2, -0.15) is 17.0 Å². The zero-order valence-corrected chi connectivity index (χ0v) is 10.0. The van der Waals surface area contributed by atoms with Crippen molar-refractivity contribution in [2.45, 2.75) is 51.4 Å². The Morgan fingerprint density at radius 3 is 2.21 bits per heavy atom. The number of nitriles is 1. The van der Waals surface area contributed by atoms with Gasteiger partial charge in [-0.15, -0.1) is 0 Å². The average Bonchev–Trinajstić information content (AvgIpc) is 2.18. The second-order valence-corrected chi connectivity index (χ2v) is 5.39. The normalized spacial score (nSPS) is 22.0. The fourth-order valence-electron chi connectivity index (χ4n) is 2.30. The van der Waals surface area contributed by atoms with Gasteiger partial charge in [0.05, 0.1) is 11.5 Å². The monoisotopic (exact) mass is 211 g/mol. The quantitative estimate of drug-likeness (QED) is 0.704. The lowest BCUT2D eigenvalue weighted by molar-refractivity contribution is 0.282. The van der Waals surface area contributed by atoms with Crippen LogP contribution in [0.2, 0.25) is 0 Å². The minimum Gasteiger partial charge on any atom is -0.198 e. The minimum absolute atomic E-state index is 0.0312. The summed E-state index contributed by atoms with van der Waals surface area (Å²) in [5.41, 5.74) is 0.0312. The van der Waals surface area contributed by atoms with Crippen LogP contribution < -0.4 is 0 Å². The molecule has 1 nitrogen and oxygen atoms in total. The van der Waals surface area contributed by atoms with Crippen LogP contribution in [-0.4, -0.2) is 12.0 Å². The molecule has 0 aromatic carbocycles. The van der Waals surface area contributed by atoms with E-state index in [0.29, 0.717) is 0 Å². The Bertz CT molecular complexity index is 181. The molecule has 1 saturated carbocycles. The zero-order chi connectivity index (χ0) is 10.3. The van der Waals surface area contributed by atoms with Crippen molar-refractivity contribution in [1.29, 1.82) is 5.26 Å². The van der Waals surface area contributed by atoms with Crippen molar-refractivity contribution in [3.63, 3.8) is 0 Å². The van der Waals surface area contributed by atoms with E-state index >= 15 is 0 Å². The van der Waals surface area contributed by atoms with Crippen LogP contribution in [0.15, 0.2) is 0 Å². The lowest BCUT2D eigenvalue weighted by atomic mass is 9.75. The van der Waals surface area contributed by atoms with Gasteiger partial charge in [-0.3, -0.25) is 0 Å². The van der Waals surface area contributed by atoms with Crippen molar-refractivity contribution in [2.24, 2.45) is 5.41 Å². The molecule has 0 unspecified atom stereocenters. The Hall–Kier alpha value is -0.160. The third-order valence-corrected chi connectivity index (χ3v) is 3.94. The molecule has 1 fully saturated rings. The number of hydrogen-bond donors (Lipinski definition) is 0. The highest BCUT2D eigenvalue weighted by Crippen LogP contribution is 2.37. The molecular weight excluding hydrogens is 190 g/mol. The Morgan fingerprint density at radius 2 is 1.71 bits per heavy atom. The van der Waals surface area contributed by atoms with Gasteiger partial charge in [0.25, 0.3) is 0 Å². The van der Waals surface area contributed by atoms with Crippen LogP contribution in [0.3, 0.4) is 0 Å². The molecule has 0 atom stereocenters. The van der Waals surface area contributed by atoms with Crippen LogP contribution >= 0.6 is 11.8 Å². The number of nitrogens with zero attached hydrogens (tertiary/aromatic N) is 1.